The summed E-state index contributed by atoms with van der Waals surface area (Å²) in [6, 6.07) is 0. The summed E-state index contributed by atoms with van der Waals surface area (Å²) in [6.45, 7) is 2.28. The van der Waals surface area contributed by atoms with Crippen molar-refractivity contribution < 1.29 is 5.16 Å². The molecular weight excluding hydrogens is 246 g/mol. The van der Waals surface area contributed by atoms with Crippen LogP contribution in [0.25, 0.3) is 0 Å². The van der Waals surface area contributed by atoms with E-state index in [9.17, 15) is 5.21 Å². The third-order valence-electron chi connectivity index (χ3n) is 4.04. The molecule has 0 radical (unpaired) electrons. The molecule has 0 atom stereocenters. The number of hydrogen-bond donors (Lipinski definition) is 1. The van der Waals surface area contributed by atoms with E-state index < -0.39 is 0 Å². The van der Waals surface area contributed by atoms with Crippen LogP contribution < -0.4 is 5.16 Å². The highest BCUT2D eigenvalue weighted by Gasteiger charge is 1.94. The van der Waals surface area contributed by atoms with E-state index in [1.807, 2.05) is 5.16 Å². The molecule has 2 heteroatoms. The molecular formula is C18H37NO. The van der Waals surface area contributed by atoms with Crippen LogP contribution in [0.5, 0.6) is 0 Å². The summed E-state index contributed by atoms with van der Waals surface area (Å²) >= 11 is 0. The maximum Gasteiger partial charge on any atom is 0.148 e. The zero-order chi connectivity index (χ0) is 14.7. The molecule has 0 amide bonds. The van der Waals surface area contributed by atoms with E-state index in [1.54, 1.807) is 6.21 Å². The third-order valence-corrected chi connectivity index (χ3v) is 4.04. The van der Waals surface area contributed by atoms with Gasteiger partial charge in [-0.15, -0.1) is 0 Å². The van der Waals surface area contributed by atoms with E-state index in [-0.39, 0.29) is 0 Å². The molecule has 0 saturated heterocycles. The van der Waals surface area contributed by atoms with Gasteiger partial charge < -0.3 is 5.21 Å². The van der Waals surface area contributed by atoms with E-state index in [0.29, 0.717) is 0 Å². The second kappa shape index (κ2) is 18.5. The van der Waals surface area contributed by atoms with Gasteiger partial charge in [0.2, 0.25) is 0 Å². The van der Waals surface area contributed by atoms with Crippen molar-refractivity contribution in [1.29, 1.82) is 0 Å². The lowest BCUT2D eigenvalue weighted by Gasteiger charge is -2.02. The van der Waals surface area contributed by atoms with Crippen molar-refractivity contribution in [3.05, 3.63) is 5.21 Å². The fourth-order valence-electron chi connectivity index (χ4n) is 2.68. The molecule has 0 bridgehead atoms. The smallest absolute Gasteiger partial charge is 0.148 e. The third kappa shape index (κ3) is 17.5. The minimum Gasteiger partial charge on any atom is -0.626 e. The monoisotopic (exact) mass is 283 g/mol. The summed E-state index contributed by atoms with van der Waals surface area (Å²) < 4.78 is 0. The van der Waals surface area contributed by atoms with Gasteiger partial charge in [0.15, 0.2) is 0 Å². The molecule has 0 rings (SSSR count). The van der Waals surface area contributed by atoms with Crippen molar-refractivity contribution in [2.24, 2.45) is 0 Å². The van der Waals surface area contributed by atoms with Crippen molar-refractivity contribution in [3.63, 3.8) is 0 Å². The molecule has 20 heavy (non-hydrogen) atoms. The first kappa shape index (κ1) is 19.5. The van der Waals surface area contributed by atoms with Gasteiger partial charge in [0, 0.05) is 6.42 Å². The number of rotatable bonds is 16. The lowest BCUT2D eigenvalue weighted by molar-refractivity contribution is -0.368. The van der Waals surface area contributed by atoms with Crippen molar-refractivity contribution in [2.75, 3.05) is 0 Å². The molecule has 0 aromatic carbocycles. The van der Waals surface area contributed by atoms with E-state index >= 15 is 0 Å². The largest absolute Gasteiger partial charge is 0.626 e. The van der Waals surface area contributed by atoms with Crippen LogP contribution in [0.2, 0.25) is 0 Å². The van der Waals surface area contributed by atoms with Crippen molar-refractivity contribution in [1.82, 2.24) is 0 Å². The summed E-state index contributed by atoms with van der Waals surface area (Å²) in [7, 11) is 0. The van der Waals surface area contributed by atoms with Crippen LogP contribution in [0.15, 0.2) is 0 Å². The Kier molecular flexibility index (Phi) is 18.0. The predicted molar refractivity (Wildman–Crippen MR) is 89.9 cm³/mol. The molecule has 0 unspecified atom stereocenters. The molecule has 0 aliphatic rings. The number of hydrogen-bond acceptors (Lipinski definition) is 1. The van der Waals surface area contributed by atoms with Gasteiger partial charge in [-0.3, -0.25) is 0 Å². The van der Waals surface area contributed by atoms with Gasteiger partial charge in [-0.25, -0.2) is 5.16 Å². The fraction of sp³-hybridized carbons (Fsp3) is 0.944. The quantitative estimate of drug-likeness (QED) is 0.186. The van der Waals surface area contributed by atoms with Crippen LogP contribution in [0.3, 0.4) is 0 Å². The van der Waals surface area contributed by atoms with E-state index in [0.717, 1.165) is 12.8 Å². The molecule has 0 spiro atoms. The molecule has 120 valence electrons. The Labute approximate surface area is 127 Å². The van der Waals surface area contributed by atoms with E-state index in [1.165, 1.54) is 89.9 Å². The van der Waals surface area contributed by atoms with Crippen molar-refractivity contribution in [2.45, 2.75) is 110 Å². The first-order valence-corrected chi connectivity index (χ1v) is 9.11. The average molecular weight is 283 g/mol. The molecule has 0 fully saturated rings. The average Bonchev–Trinajstić information content (AvgIpc) is 2.47. The molecule has 2 nitrogen and oxygen atoms in total. The first-order valence-electron chi connectivity index (χ1n) is 9.11. The highest BCUT2D eigenvalue weighted by Crippen LogP contribution is 2.13. The molecule has 0 aromatic heterocycles. The molecule has 1 N–H and O–H groups in total. The Hall–Kier alpha value is -0.530. The normalized spacial score (nSPS) is 11.4. The van der Waals surface area contributed by atoms with Crippen molar-refractivity contribution >= 4 is 6.21 Å². The topological polar surface area (TPSA) is 37.0 Å². The Morgan fingerprint density at radius 2 is 0.950 bits per heavy atom. The van der Waals surface area contributed by atoms with Crippen LogP contribution in [0.4, 0.5) is 0 Å². The van der Waals surface area contributed by atoms with Gasteiger partial charge in [-0.05, 0) is 6.42 Å². The molecule has 0 aliphatic heterocycles. The lowest BCUT2D eigenvalue weighted by atomic mass is 10.0. The highest BCUT2D eigenvalue weighted by atomic mass is 16.4. The van der Waals surface area contributed by atoms with Crippen LogP contribution in [0, 0.1) is 5.21 Å². The Balaban J connectivity index is 2.92. The predicted octanol–water partition coefficient (Wildman–Crippen LogP) is 4.90. The van der Waals surface area contributed by atoms with Gasteiger partial charge >= 0.3 is 0 Å². The second-order valence-corrected chi connectivity index (χ2v) is 6.06. The van der Waals surface area contributed by atoms with E-state index in [4.69, 9.17) is 0 Å². The van der Waals surface area contributed by atoms with Gasteiger partial charge in [-0.1, -0.05) is 96.8 Å². The Bertz CT molecular complexity index is 192. The molecule has 0 aromatic rings. The SMILES string of the molecule is CCCCCCCCCCCCCCCCCC=[NH+][O-]. The molecule has 0 heterocycles. The standard InChI is InChI=1S/C18H37NO/c1-2-3-4-5-6-7-8-9-10-11-12-13-14-15-16-17-18-19-20/h18-19H,2-17H2,1H3. The second-order valence-electron chi connectivity index (χ2n) is 6.06. The van der Waals surface area contributed by atoms with Crippen LogP contribution >= 0.6 is 0 Å². The molecule has 0 saturated carbocycles. The minimum absolute atomic E-state index is 0.918. The number of unbranched alkanes of at least 4 members (excludes halogenated alkanes) is 15. The molecule has 0 aliphatic carbocycles. The summed E-state index contributed by atoms with van der Waals surface area (Å²) in [4.78, 5) is 0. The maximum absolute atomic E-state index is 9.97. The highest BCUT2D eigenvalue weighted by molar-refractivity contribution is 5.49. The Morgan fingerprint density at radius 3 is 1.30 bits per heavy atom. The van der Waals surface area contributed by atoms with Gasteiger partial charge in [-0.2, -0.15) is 0 Å². The zero-order valence-electron chi connectivity index (χ0n) is 13.8. The van der Waals surface area contributed by atoms with E-state index in [2.05, 4.69) is 6.92 Å². The summed E-state index contributed by atoms with van der Waals surface area (Å²) in [6.07, 6.45) is 23.4. The zero-order valence-corrected chi connectivity index (χ0v) is 13.8. The number of nitrogens with one attached hydrogen (secondary N) is 1. The fourth-order valence-corrected chi connectivity index (χ4v) is 2.68. The maximum atomic E-state index is 9.97. The van der Waals surface area contributed by atoms with Gasteiger partial charge in [0.05, 0.1) is 0 Å². The van der Waals surface area contributed by atoms with Gasteiger partial charge in [0.25, 0.3) is 0 Å². The summed E-state index contributed by atoms with van der Waals surface area (Å²) in [5, 5.41) is 11.8. The Morgan fingerprint density at radius 1 is 0.600 bits per heavy atom. The van der Waals surface area contributed by atoms with Crippen LogP contribution in [-0.2, 0) is 0 Å². The van der Waals surface area contributed by atoms with Crippen LogP contribution in [0.1, 0.15) is 110 Å². The first-order chi connectivity index (χ1) is 9.91. The summed E-state index contributed by atoms with van der Waals surface area (Å²) in [5.41, 5.74) is 0. The minimum atomic E-state index is 0.918. The van der Waals surface area contributed by atoms with Crippen LogP contribution in [-0.4, -0.2) is 6.21 Å². The lowest BCUT2D eigenvalue weighted by Crippen LogP contribution is -2.60. The van der Waals surface area contributed by atoms with Gasteiger partial charge in [0.1, 0.15) is 6.21 Å². The summed E-state index contributed by atoms with van der Waals surface area (Å²) in [5.74, 6) is 0. The van der Waals surface area contributed by atoms with Crippen molar-refractivity contribution in [3.8, 4) is 0 Å².